The summed E-state index contributed by atoms with van der Waals surface area (Å²) in [5.41, 5.74) is 3.21. The van der Waals surface area contributed by atoms with E-state index in [9.17, 15) is 0 Å². The number of rotatable bonds is 4. The van der Waals surface area contributed by atoms with Gasteiger partial charge in [0.2, 0.25) is 0 Å². The molecule has 18 heavy (non-hydrogen) atoms. The van der Waals surface area contributed by atoms with Crippen molar-refractivity contribution in [2.75, 3.05) is 4.90 Å². The maximum atomic E-state index is 4.23. The van der Waals surface area contributed by atoms with E-state index >= 15 is 0 Å². The molecule has 0 aromatic heterocycles. The first-order valence-corrected chi connectivity index (χ1v) is 9.72. The zero-order valence-corrected chi connectivity index (χ0v) is 13.9. The lowest BCUT2D eigenvalue weighted by molar-refractivity contribution is 0.500. The van der Waals surface area contributed by atoms with Crippen molar-refractivity contribution in [2.45, 2.75) is 52.0 Å². The quantitative estimate of drug-likeness (QED) is 0.578. The molecule has 0 amide bonds. The van der Waals surface area contributed by atoms with E-state index in [1.54, 1.807) is 0 Å². The molecule has 0 aliphatic heterocycles. The van der Waals surface area contributed by atoms with Crippen molar-refractivity contribution in [3.63, 3.8) is 0 Å². The Hall–Kier alpha value is -1.02. The zero-order chi connectivity index (χ0) is 13.9. The first kappa shape index (κ1) is 15.0. The average molecular weight is 261 g/mol. The molecule has 0 saturated heterocycles. The SMILES string of the molecule is C=C(C)C(N(c1ccccc1)C(C)(C)C)[SiH](C)C. The van der Waals surface area contributed by atoms with Crippen LogP contribution in [0.4, 0.5) is 5.69 Å². The molecule has 0 saturated carbocycles. The summed E-state index contributed by atoms with van der Waals surface area (Å²) in [7, 11) is -0.844. The van der Waals surface area contributed by atoms with Crippen molar-refractivity contribution in [1.82, 2.24) is 0 Å². The van der Waals surface area contributed by atoms with Gasteiger partial charge in [-0.2, -0.15) is 0 Å². The molecule has 0 spiro atoms. The molecule has 1 aromatic rings. The molecule has 0 fully saturated rings. The van der Waals surface area contributed by atoms with Crippen LogP contribution in [-0.2, 0) is 0 Å². The highest BCUT2D eigenvalue weighted by Crippen LogP contribution is 2.29. The highest BCUT2D eigenvalue weighted by molar-refractivity contribution is 6.59. The number of nitrogens with zero attached hydrogens (tertiary/aromatic N) is 1. The smallest absolute Gasteiger partial charge is 0.0627 e. The lowest BCUT2D eigenvalue weighted by Crippen LogP contribution is -2.54. The summed E-state index contributed by atoms with van der Waals surface area (Å²) in [5.74, 6) is 0. The first-order chi connectivity index (χ1) is 8.25. The van der Waals surface area contributed by atoms with Crippen molar-refractivity contribution in [3.05, 3.63) is 42.5 Å². The normalized spacial score (nSPS) is 13.5. The summed E-state index contributed by atoms with van der Waals surface area (Å²) in [6, 6.07) is 10.7. The fourth-order valence-corrected chi connectivity index (χ4v) is 5.00. The molecule has 1 unspecified atom stereocenters. The average Bonchev–Trinajstić information content (AvgIpc) is 2.24. The van der Waals surface area contributed by atoms with Crippen molar-refractivity contribution in [3.8, 4) is 0 Å². The predicted molar refractivity (Wildman–Crippen MR) is 86.2 cm³/mol. The van der Waals surface area contributed by atoms with Crippen LogP contribution in [0.2, 0.25) is 13.1 Å². The van der Waals surface area contributed by atoms with E-state index in [1.165, 1.54) is 11.3 Å². The highest BCUT2D eigenvalue weighted by atomic mass is 28.3. The monoisotopic (exact) mass is 261 g/mol. The van der Waals surface area contributed by atoms with Crippen molar-refractivity contribution in [2.24, 2.45) is 0 Å². The summed E-state index contributed by atoms with van der Waals surface area (Å²) >= 11 is 0. The van der Waals surface area contributed by atoms with Crippen molar-refractivity contribution >= 4 is 14.5 Å². The molecule has 0 heterocycles. The van der Waals surface area contributed by atoms with Crippen LogP contribution in [0.15, 0.2) is 42.5 Å². The van der Waals surface area contributed by atoms with E-state index in [0.717, 1.165) is 0 Å². The van der Waals surface area contributed by atoms with Crippen LogP contribution >= 0.6 is 0 Å². The Morgan fingerprint density at radius 2 is 1.67 bits per heavy atom. The first-order valence-electron chi connectivity index (χ1n) is 6.75. The minimum absolute atomic E-state index is 0.113. The Kier molecular flexibility index (Phi) is 4.80. The third kappa shape index (κ3) is 3.48. The number of anilines is 1. The fraction of sp³-hybridized carbons (Fsp3) is 0.500. The molecule has 1 aromatic carbocycles. The van der Waals surface area contributed by atoms with Gasteiger partial charge >= 0.3 is 0 Å². The van der Waals surface area contributed by atoms with Gasteiger partial charge in [-0.15, -0.1) is 0 Å². The third-order valence-corrected chi connectivity index (χ3v) is 5.30. The van der Waals surface area contributed by atoms with Gasteiger partial charge < -0.3 is 4.90 Å². The van der Waals surface area contributed by atoms with E-state index in [-0.39, 0.29) is 5.54 Å². The molecule has 0 N–H and O–H groups in total. The van der Waals surface area contributed by atoms with Gasteiger partial charge in [-0.1, -0.05) is 43.4 Å². The second kappa shape index (κ2) is 5.74. The van der Waals surface area contributed by atoms with E-state index < -0.39 is 8.80 Å². The third-order valence-electron chi connectivity index (χ3n) is 3.17. The van der Waals surface area contributed by atoms with E-state index in [2.05, 4.69) is 82.6 Å². The summed E-state index contributed by atoms with van der Waals surface area (Å²) in [6.45, 7) is 18.1. The van der Waals surface area contributed by atoms with E-state index in [1.807, 2.05) is 0 Å². The summed E-state index contributed by atoms with van der Waals surface area (Å²) in [6.07, 6.45) is 0. The van der Waals surface area contributed by atoms with Gasteiger partial charge in [0.15, 0.2) is 0 Å². The van der Waals surface area contributed by atoms with Crippen molar-refractivity contribution < 1.29 is 0 Å². The van der Waals surface area contributed by atoms with Gasteiger partial charge in [0.05, 0.1) is 8.80 Å². The van der Waals surface area contributed by atoms with Crippen LogP contribution < -0.4 is 4.90 Å². The molecule has 1 rings (SSSR count). The molecule has 0 bridgehead atoms. The molecule has 0 aliphatic rings. The lowest BCUT2D eigenvalue weighted by atomic mass is 10.0. The standard InChI is InChI=1S/C16H27NSi/c1-13(2)15(18(6)7)17(16(3,4)5)14-11-9-8-10-12-14/h8-12,15,18H,1H2,2-7H3. The van der Waals surface area contributed by atoms with Crippen LogP contribution in [0.1, 0.15) is 27.7 Å². The van der Waals surface area contributed by atoms with Crippen LogP contribution in [0.25, 0.3) is 0 Å². The van der Waals surface area contributed by atoms with Crippen LogP contribution in [0.5, 0.6) is 0 Å². The van der Waals surface area contributed by atoms with Gasteiger partial charge in [0, 0.05) is 16.9 Å². The number of benzene rings is 1. The maximum Gasteiger partial charge on any atom is 0.0627 e. The zero-order valence-electron chi connectivity index (χ0n) is 12.7. The molecule has 0 aliphatic carbocycles. The minimum Gasteiger partial charge on any atom is -0.363 e. The van der Waals surface area contributed by atoms with Crippen LogP contribution in [0, 0.1) is 0 Å². The van der Waals surface area contributed by atoms with Crippen LogP contribution in [-0.4, -0.2) is 20.0 Å². The van der Waals surface area contributed by atoms with Gasteiger partial charge in [-0.05, 0) is 39.8 Å². The maximum absolute atomic E-state index is 4.23. The highest BCUT2D eigenvalue weighted by Gasteiger charge is 2.31. The predicted octanol–water partition coefficient (Wildman–Crippen LogP) is 4.26. The Balaban J connectivity index is 3.26. The van der Waals surface area contributed by atoms with Gasteiger partial charge in [0.1, 0.15) is 0 Å². The molecule has 1 atom stereocenters. The van der Waals surface area contributed by atoms with Crippen LogP contribution in [0.3, 0.4) is 0 Å². The molecule has 100 valence electrons. The summed E-state index contributed by atoms with van der Waals surface area (Å²) in [4.78, 5) is 2.55. The fourth-order valence-electron chi connectivity index (χ4n) is 2.64. The van der Waals surface area contributed by atoms with Gasteiger partial charge in [-0.3, -0.25) is 0 Å². The molecule has 2 heteroatoms. The molecular weight excluding hydrogens is 234 g/mol. The Bertz CT molecular complexity index is 389. The Morgan fingerprint density at radius 1 is 1.17 bits per heavy atom. The van der Waals surface area contributed by atoms with E-state index in [0.29, 0.717) is 5.67 Å². The second-order valence-electron chi connectivity index (χ2n) is 6.41. The number of para-hydroxylation sites is 1. The number of hydrogen-bond acceptors (Lipinski definition) is 1. The van der Waals surface area contributed by atoms with Crippen molar-refractivity contribution in [1.29, 1.82) is 0 Å². The van der Waals surface area contributed by atoms with Gasteiger partial charge in [-0.25, -0.2) is 0 Å². The Morgan fingerprint density at radius 3 is 2.00 bits per heavy atom. The van der Waals surface area contributed by atoms with Gasteiger partial charge in [0.25, 0.3) is 0 Å². The molecule has 1 nitrogen and oxygen atoms in total. The number of hydrogen-bond donors (Lipinski definition) is 0. The Labute approximate surface area is 114 Å². The minimum atomic E-state index is -0.844. The molecule has 0 radical (unpaired) electrons. The largest absolute Gasteiger partial charge is 0.363 e. The second-order valence-corrected chi connectivity index (χ2v) is 9.53. The molecular formula is C16H27NSi. The lowest BCUT2D eigenvalue weighted by Gasteiger charge is -2.46. The van der Waals surface area contributed by atoms with E-state index in [4.69, 9.17) is 0 Å². The summed E-state index contributed by atoms with van der Waals surface area (Å²) < 4.78 is 0. The summed E-state index contributed by atoms with van der Waals surface area (Å²) in [5, 5.41) is 0. The topological polar surface area (TPSA) is 3.24 Å².